The Balaban J connectivity index is 1.50. The number of amides is 1. The van der Waals surface area contributed by atoms with Gasteiger partial charge in [-0.2, -0.15) is 0 Å². The van der Waals surface area contributed by atoms with E-state index < -0.39 is 0 Å². The molecule has 2 aliphatic carbocycles. The largest absolute Gasteiger partial charge is 0.393 e. The number of piperidine rings is 1. The van der Waals surface area contributed by atoms with Crippen LogP contribution in [0.3, 0.4) is 0 Å². The summed E-state index contributed by atoms with van der Waals surface area (Å²) in [6.45, 7) is 4.41. The van der Waals surface area contributed by atoms with E-state index in [1.165, 1.54) is 38.5 Å². The van der Waals surface area contributed by atoms with E-state index in [0.29, 0.717) is 30.5 Å². The van der Waals surface area contributed by atoms with E-state index in [4.69, 9.17) is 0 Å². The van der Waals surface area contributed by atoms with Crippen molar-refractivity contribution in [2.75, 3.05) is 19.6 Å². The average Bonchev–Trinajstić information content (AvgIpc) is 3.14. The van der Waals surface area contributed by atoms with Gasteiger partial charge in [-0.3, -0.25) is 9.69 Å². The number of nitrogens with zero attached hydrogens (tertiary/aromatic N) is 2. The maximum atomic E-state index is 12.7. The lowest BCUT2D eigenvalue weighted by Crippen LogP contribution is -2.48. The van der Waals surface area contributed by atoms with Crippen LogP contribution < -0.4 is 0 Å². The van der Waals surface area contributed by atoms with E-state index in [2.05, 4.69) is 9.80 Å². The molecule has 1 atom stereocenters. The van der Waals surface area contributed by atoms with Crippen molar-refractivity contribution in [2.24, 2.45) is 5.92 Å². The predicted molar refractivity (Wildman–Crippen MR) is 83.0 cm³/mol. The zero-order chi connectivity index (χ0) is 14.8. The summed E-state index contributed by atoms with van der Waals surface area (Å²) >= 11 is 0. The smallest absolute Gasteiger partial charge is 0.237 e. The second-order valence-corrected chi connectivity index (χ2v) is 7.32. The molecule has 1 saturated heterocycles. The Morgan fingerprint density at radius 2 is 1.67 bits per heavy atom. The molecule has 0 bridgehead atoms. The highest BCUT2D eigenvalue weighted by Gasteiger charge is 2.38. The molecule has 4 nitrogen and oxygen atoms in total. The molecule has 21 heavy (non-hydrogen) atoms. The van der Waals surface area contributed by atoms with Gasteiger partial charge in [0.2, 0.25) is 5.91 Å². The number of carbonyl (C=O) groups is 1. The van der Waals surface area contributed by atoms with Gasteiger partial charge in [-0.1, -0.05) is 12.8 Å². The van der Waals surface area contributed by atoms with Crippen molar-refractivity contribution >= 4 is 5.91 Å². The zero-order valence-electron chi connectivity index (χ0n) is 13.3. The van der Waals surface area contributed by atoms with Crippen molar-refractivity contribution in [1.29, 1.82) is 0 Å². The van der Waals surface area contributed by atoms with Crippen LogP contribution in [0.4, 0.5) is 0 Å². The van der Waals surface area contributed by atoms with E-state index in [0.717, 1.165) is 25.9 Å². The number of hydrogen-bond acceptors (Lipinski definition) is 3. The Morgan fingerprint density at radius 3 is 2.19 bits per heavy atom. The summed E-state index contributed by atoms with van der Waals surface area (Å²) in [5.74, 6) is 0.783. The van der Waals surface area contributed by atoms with E-state index in [1.807, 2.05) is 6.92 Å². The normalized spacial score (nSPS) is 27.0. The fourth-order valence-electron chi connectivity index (χ4n) is 4.11. The molecular weight excluding hydrogens is 264 g/mol. The average molecular weight is 294 g/mol. The number of likely N-dealkylation sites (tertiary alicyclic amines) is 1. The Hall–Kier alpha value is -0.610. The van der Waals surface area contributed by atoms with Crippen LogP contribution in [0.15, 0.2) is 0 Å². The van der Waals surface area contributed by atoms with Crippen LogP contribution in [0.1, 0.15) is 58.3 Å². The summed E-state index contributed by atoms with van der Waals surface area (Å²) in [7, 11) is 0. The van der Waals surface area contributed by atoms with Crippen molar-refractivity contribution in [3.63, 3.8) is 0 Å². The second-order valence-electron chi connectivity index (χ2n) is 7.32. The monoisotopic (exact) mass is 294 g/mol. The van der Waals surface area contributed by atoms with Crippen LogP contribution in [-0.4, -0.2) is 58.6 Å². The lowest BCUT2D eigenvalue weighted by atomic mass is 9.92. The third-order valence-electron chi connectivity index (χ3n) is 5.62. The molecule has 1 heterocycles. The summed E-state index contributed by atoms with van der Waals surface area (Å²) in [6, 6.07) is 1.08. The molecule has 4 heteroatoms. The molecule has 1 unspecified atom stereocenters. The lowest BCUT2D eigenvalue weighted by molar-refractivity contribution is -0.135. The number of aliphatic hydroxyl groups is 1. The summed E-state index contributed by atoms with van der Waals surface area (Å²) in [5, 5.41) is 9.66. The summed E-state index contributed by atoms with van der Waals surface area (Å²) in [5.41, 5.74) is 0. The highest BCUT2D eigenvalue weighted by molar-refractivity contribution is 5.79. The van der Waals surface area contributed by atoms with Gasteiger partial charge in [0.15, 0.2) is 0 Å². The number of rotatable bonds is 5. The minimum atomic E-state index is -0.204. The van der Waals surface area contributed by atoms with Crippen LogP contribution in [0.5, 0.6) is 0 Å². The molecule has 0 radical (unpaired) electrons. The molecule has 0 aromatic rings. The summed E-state index contributed by atoms with van der Waals surface area (Å²) in [4.78, 5) is 17.3. The molecule has 0 aromatic carbocycles. The van der Waals surface area contributed by atoms with E-state index in [-0.39, 0.29) is 6.10 Å². The number of hydrogen-bond donors (Lipinski definition) is 1. The minimum absolute atomic E-state index is 0.204. The molecule has 3 fully saturated rings. The van der Waals surface area contributed by atoms with E-state index in [1.54, 1.807) is 0 Å². The van der Waals surface area contributed by atoms with Gasteiger partial charge in [-0.15, -0.1) is 0 Å². The molecule has 1 aliphatic heterocycles. The highest BCUT2D eigenvalue weighted by Crippen LogP contribution is 2.34. The van der Waals surface area contributed by atoms with Gasteiger partial charge in [-0.05, 0) is 64.5 Å². The molecule has 1 N–H and O–H groups in total. The first kappa shape index (κ1) is 15.3. The van der Waals surface area contributed by atoms with Gasteiger partial charge >= 0.3 is 0 Å². The molecule has 0 spiro atoms. The molecule has 1 amide bonds. The summed E-state index contributed by atoms with van der Waals surface area (Å²) in [6.07, 6.45) is 9.29. The minimum Gasteiger partial charge on any atom is -0.393 e. The maximum absolute atomic E-state index is 12.7. The van der Waals surface area contributed by atoms with Crippen LogP contribution in [0.25, 0.3) is 0 Å². The molecular formula is C17H30N2O2. The van der Waals surface area contributed by atoms with Crippen molar-refractivity contribution in [3.8, 4) is 0 Å². The molecule has 2 saturated carbocycles. The molecule has 120 valence electrons. The van der Waals surface area contributed by atoms with Crippen molar-refractivity contribution in [3.05, 3.63) is 0 Å². The van der Waals surface area contributed by atoms with Crippen LogP contribution in [-0.2, 0) is 4.79 Å². The van der Waals surface area contributed by atoms with Crippen molar-refractivity contribution < 1.29 is 9.90 Å². The first-order valence-corrected chi connectivity index (χ1v) is 8.86. The van der Waals surface area contributed by atoms with Gasteiger partial charge in [-0.25, -0.2) is 0 Å². The zero-order valence-corrected chi connectivity index (χ0v) is 13.3. The van der Waals surface area contributed by atoms with Gasteiger partial charge in [0.25, 0.3) is 0 Å². The lowest BCUT2D eigenvalue weighted by Gasteiger charge is -2.35. The van der Waals surface area contributed by atoms with Crippen LogP contribution in [0.2, 0.25) is 0 Å². The third-order valence-corrected chi connectivity index (χ3v) is 5.62. The topological polar surface area (TPSA) is 43.8 Å². The molecule has 0 aromatic heterocycles. The number of carbonyl (C=O) groups excluding carboxylic acids is 1. The van der Waals surface area contributed by atoms with Crippen molar-refractivity contribution in [2.45, 2.75) is 76.5 Å². The third kappa shape index (κ3) is 3.78. The van der Waals surface area contributed by atoms with E-state index >= 15 is 0 Å². The second kappa shape index (κ2) is 6.66. The quantitative estimate of drug-likeness (QED) is 0.843. The van der Waals surface area contributed by atoms with Crippen molar-refractivity contribution in [1.82, 2.24) is 9.80 Å². The Morgan fingerprint density at radius 1 is 1.10 bits per heavy atom. The highest BCUT2D eigenvalue weighted by atomic mass is 16.3. The number of aliphatic hydroxyl groups excluding tert-OH is 1. The Kier molecular flexibility index (Phi) is 4.85. The van der Waals surface area contributed by atoms with Gasteiger partial charge in [0.05, 0.1) is 12.6 Å². The Bertz CT molecular complexity index is 354. The standard InChI is InChI=1S/C17H30N2O2/c1-13(20)14-8-10-18(11-9-14)12-17(21)19(16-6-7-16)15-4-2-3-5-15/h13-16,20H,2-12H2,1H3. The van der Waals surface area contributed by atoms with Crippen LogP contribution >= 0.6 is 0 Å². The Labute approximate surface area is 128 Å². The van der Waals surface area contributed by atoms with E-state index in [9.17, 15) is 9.90 Å². The molecule has 3 aliphatic rings. The van der Waals surface area contributed by atoms with Gasteiger partial charge in [0.1, 0.15) is 0 Å². The van der Waals surface area contributed by atoms with Gasteiger partial charge in [0, 0.05) is 12.1 Å². The predicted octanol–water partition coefficient (Wildman–Crippen LogP) is 2.01. The first-order chi connectivity index (χ1) is 10.1. The van der Waals surface area contributed by atoms with Gasteiger partial charge < -0.3 is 10.0 Å². The van der Waals surface area contributed by atoms with Crippen LogP contribution in [0, 0.1) is 5.92 Å². The maximum Gasteiger partial charge on any atom is 0.237 e. The fraction of sp³-hybridized carbons (Fsp3) is 0.941. The first-order valence-electron chi connectivity index (χ1n) is 8.86. The SMILES string of the molecule is CC(O)C1CCN(CC(=O)N(C2CCCC2)C2CC2)CC1. The molecule has 3 rings (SSSR count). The summed E-state index contributed by atoms with van der Waals surface area (Å²) < 4.78 is 0. The fourth-order valence-corrected chi connectivity index (χ4v) is 4.11.